The van der Waals surface area contributed by atoms with Crippen LogP contribution in [0.2, 0.25) is 0 Å². The smallest absolute Gasteiger partial charge is 0.0268 e. The normalized spacial score (nSPS) is 12.7. The summed E-state index contributed by atoms with van der Waals surface area (Å²) in [6, 6.07) is 0. The van der Waals surface area contributed by atoms with Gasteiger partial charge in [-0.15, -0.1) is 26.8 Å². The van der Waals surface area contributed by atoms with Crippen LogP contribution in [0.1, 0.15) is 0 Å². The maximum absolute atomic E-state index is 10.6. The Balaban J connectivity index is 3.80. The highest BCUT2D eigenvalue weighted by atomic mass is 32.3. The van der Waals surface area contributed by atoms with E-state index in [1.165, 1.54) is 4.31 Å². The van der Waals surface area contributed by atoms with Gasteiger partial charge in [-0.1, -0.05) is 0 Å². The first-order chi connectivity index (χ1) is 2.94. The second-order valence-corrected chi connectivity index (χ2v) is 3.86. The Morgan fingerprint density at radius 3 is 1.57 bits per heavy atom. The lowest BCUT2D eigenvalue weighted by atomic mass is 11.3. The quantitative estimate of drug-likeness (QED) is 0.365. The Hall–Kier alpha value is 0.110. The molecule has 0 fully saturated rings. The van der Waals surface area contributed by atoms with Gasteiger partial charge in [0.2, 0.25) is 0 Å². The predicted octanol–water partition coefficient (Wildman–Crippen LogP) is 0.546. The number of hydrogen-bond acceptors (Lipinski definition) is 1. The first-order valence-corrected chi connectivity index (χ1v) is 3.67. The number of rotatable bonds is 1. The molecule has 0 aromatic rings. The second kappa shape index (κ2) is 1.92. The highest BCUT2D eigenvalue weighted by molar-refractivity contribution is 8.02. The average Bonchev–Trinajstić information content (AvgIpc) is 1.31. The Morgan fingerprint density at radius 2 is 1.57 bits per heavy atom. The standard InChI is InChI=1S/C4H10NOS/c1-5(2)7(3,4)6/h3-4H2,1-2H3/q-1. The Bertz CT molecular complexity index is 93.9. The Morgan fingerprint density at radius 1 is 1.43 bits per heavy atom. The van der Waals surface area contributed by atoms with Crippen molar-refractivity contribution in [3.8, 4) is 0 Å². The summed E-state index contributed by atoms with van der Waals surface area (Å²) in [4.78, 5) is 0. The number of hydrogen-bond donors (Lipinski definition) is 0. The van der Waals surface area contributed by atoms with Crippen LogP contribution in [0.5, 0.6) is 0 Å². The summed E-state index contributed by atoms with van der Waals surface area (Å²) >= 11 is 0. The molecule has 0 aliphatic heterocycles. The molecule has 0 atom stereocenters. The van der Waals surface area contributed by atoms with Gasteiger partial charge in [0, 0.05) is 14.1 Å². The Kier molecular flexibility index (Phi) is 1.95. The van der Waals surface area contributed by atoms with E-state index in [4.69, 9.17) is 0 Å². The molecule has 0 unspecified atom stereocenters. The van der Waals surface area contributed by atoms with Crippen LogP contribution < -0.4 is 0 Å². The predicted molar refractivity (Wildman–Crippen MR) is 32.5 cm³/mol. The molecular formula is C4H10NOS-. The zero-order chi connectivity index (χ0) is 6.08. The minimum Gasteiger partial charge on any atom is -0.186 e. The third kappa shape index (κ3) is 2.76. The van der Waals surface area contributed by atoms with Crippen molar-refractivity contribution in [3.05, 3.63) is 12.5 Å². The van der Waals surface area contributed by atoms with E-state index < -0.39 is 10.1 Å². The first kappa shape index (κ1) is 7.11. The van der Waals surface area contributed by atoms with Crippen molar-refractivity contribution in [3.63, 3.8) is 0 Å². The maximum atomic E-state index is 10.6. The minimum absolute atomic E-state index is 1.49. The summed E-state index contributed by atoms with van der Waals surface area (Å²) in [5.74, 6) is 0. The highest BCUT2D eigenvalue weighted by Gasteiger charge is 1.97. The van der Waals surface area contributed by atoms with Gasteiger partial charge >= 0.3 is 0 Å². The summed E-state index contributed by atoms with van der Waals surface area (Å²) in [5.41, 5.74) is 0. The van der Waals surface area contributed by atoms with Crippen LogP contribution in [0, 0.1) is 12.5 Å². The fourth-order valence-corrected chi connectivity index (χ4v) is 0. The highest BCUT2D eigenvalue weighted by Crippen LogP contribution is 2.00. The third-order valence-corrected chi connectivity index (χ3v) is 2.00. The molecule has 0 saturated heterocycles. The largest absolute Gasteiger partial charge is 0.186 e. The lowest BCUT2D eigenvalue weighted by Crippen LogP contribution is -2.22. The van der Waals surface area contributed by atoms with Gasteiger partial charge in [-0.25, -0.2) is 0 Å². The van der Waals surface area contributed by atoms with E-state index in [2.05, 4.69) is 12.5 Å². The van der Waals surface area contributed by atoms with Gasteiger partial charge in [0.25, 0.3) is 0 Å². The molecular weight excluding hydrogens is 110 g/mol. The molecule has 3 heteroatoms. The molecule has 0 aliphatic rings. The van der Waals surface area contributed by atoms with Crippen molar-refractivity contribution in [2.75, 3.05) is 14.1 Å². The third-order valence-electron chi connectivity index (χ3n) is 0.665. The van der Waals surface area contributed by atoms with Crippen molar-refractivity contribution in [1.29, 1.82) is 0 Å². The molecule has 0 radical (unpaired) electrons. The van der Waals surface area contributed by atoms with Gasteiger partial charge in [-0.3, -0.25) is 0 Å². The second-order valence-electron chi connectivity index (χ2n) is 1.58. The van der Waals surface area contributed by atoms with E-state index in [9.17, 15) is 4.21 Å². The van der Waals surface area contributed by atoms with E-state index in [0.717, 1.165) is 0 Å². The van der Waals surface area contributed by atoms with Gasteiger partial charge in [0.1, 0.15) is 0 Å². The molecule has 44 valence electrons. The summed E-state index contributed by atoms with van der Waals surface area (Å²) in [6.07, 6.45) is 6.62. The molecule has 0 aromatic heterocycles. The van der Waals surface area contributed by atoms with E-state index >= 15 is 0 Å². The molecule has 0 bridgehead atoms. The number of nitrogens with zero attached hydrogens (tertiary/aromatic N) is 1. The van der Waals surface area contributed by atoms with E-state index in [-0.39, 0.29) is 0 Å². The van der Waals surface area contributed by atoms with Gasteiger partial charge in [0.05, 0.1) is 0 Å². The molecule has 0 heterocycles. The van der Waals surface area contributed by atoms with Crippen molar-refractivity contribution >= 4 is 10.1 Å². The fourth-order valence-electron chi connectivity index (χ4n) is 0. The summed E-state index contributed by atoms with van der Waals surface area (Å²) in [6.45, 7) is 0. The molecule has 0 rings (SSSR count). The van der Waals surface area contributed by atoms with Crippen LogP contribution in [-0.4, -0.2) is 18.4 Å². The SMILES string of the molecule is [CH2-][S+]([CH2-])(=O)N(C)C. The zero-order valence-corrected chi connectivity index (χ0v) is 5.49. The average molecular weight is 120 g/mol. The summed E-state index contributed by atoms with van der Waals surface area (Å²) in [7, 11) is 1.21. The molecule has 0 spiro atoms. The van der Waals surface area contributed by atoms with Gasteiger partial charge < -0.3 is 0 Å². The fraction of sp³-hybridized carbons (Fsp3) is 0.500. The summed E-state index contributed by atoms with van der Waals surface area (Å²) in [5, 5.41) is 0. The molecule has 0 amide bonds. The van der Waals surface area contributed by atoms with Crippen LogP contribution >= 0.6 is 0 Å². The topological polar surface area (TPSA) is 20.3 Å². The summed E-state index contributed by atoms with van der Waals surface area (Å²) < 4.78 is 12.1. The maximum Gasteiger partial charge on any atom is 0.0268 e. The van der Waals surface area contributed by atoms with Crippen molar-refractivity contribution in [1.82, 2.24) is 4.31 Å². The molecule has 0 aromatic carbocycles. The Labute approximate surface area is 46.1 Å². The minimum atomic E-state index is -2.16. The van der Waals surface area contributed by atoms with Crippen molar-refractivity contribution in [2.24, 2.45) is 0 Å². The first-order valence-electron chi connectivity index (χ1n) is 1.82. The van der Waals surface area contributed by atoms with Crippen molar-refractivity contribution in [2.45, 2.75) is 0 Å². The van der Waals surface area contributed by atoms with E-state index in [0.29, 0.717) is 0 Å². The molecule has 7 heavy (non-hydrogen) atoms. The molecule has 0 N–H and O–H groups in total. The van der Waals surface area contributed by atoms with Crippen LogP contribution in [0.3, 0.4) is 0 Å². The monoisotopic (exact) mass is 120 g/mol. The van der Waals surface area contributed by atoms with Gasteiger partial charge in [-0.2, -0.15) is 4.31 Å². The van der Waals surface area contributed by atoms with Crippen LogP contribution in [0.4, 0.5) is 0 Å². The van der Waals surface area contributed by atoms with Gasteiger partial charge in [-0.05, 0) is 0 Å². The van der Waals surface area contributed by atoms with Gasteiger partial charge in [0.15, 0.2) is 0 Å². The lowest BCUT2D eigenvalue weighted by molar-refractivity contribution is 0.545. The van der Waals surface area contributed by atoms with E-state index in [1.54, 1.807) is 14.1 Å². The molecule has 2 nitrogen and oxygen atoms in total. The lowest BCUT2D eigenvalue weighted by Gasteiger charge is -2.20. The molecule has 0 saturated carbocycles. The van der Waals surface area contributed by atoms with Crippen LogP contribution in [0.15, 0.2) is 0 Å². The zero-order valence-electron chi connectivity index (χ0n) is 4.68. The van der Waals surface area contributed by atoms with E-state index in [1.807, 2.05) is 0 Å². The van der Waals surface area contributed by atoms with Crippen molar-refractivity contribution < 1.29 is 4.21 Å². The molecule has 0 aliphatic carbocycles. The van der Waals surface area contributed by atoms with Crippen LogP contribution in [-0.2, 0) is 14.3 Å². The van der Waals surface area contributed by atoms with Crippen LogP contribution in [0.25, 0.3) is 0 Å².